The van der Waals surface area contributed by atoms with Crippen LogP contribution >= 0.6 is 0 Å². The van der Waals surface area contributed by atoms with Gasteiger partial charge in [0.25, 0.3) is 0 Å². The molecule has 7 heteroatoms. The molecule has 0 aromatic carbocycles. The number of morpholine rings is 1. The van der Waals surface area contributed by atoms with Crippen molar-refractivity contribution in [3.63, 3.8) is 0 Å². The molecule has 2 saturated heterocycles. The Labute approximate surface area is 134 Å². The van der Waals surface area contributed by atoms with Crippen LogP contribution in [0.1, 0.15) is 12.8 Å². The van der Waals surface area contributed by atoms with E-state index in [2.05, 4.69) is 15.1 Å². The Kier molecular flexibility index (Phi) is 3.87. The summed E-state index contributed by atoms with van der Waals surface area (Å²) in [7, 11) is 0. The number of amides is 1. The van der Waals surface area contributed by atoms with E-state index >= 15 is 0 Å². The maximum Gasteiger partial charge on any atom is 0.231 e. The third-order valence-electron chi connectivity index (χ3n) is 4.75. The van der Waals surface area contributed by atoms with Crippen LogP contribution in [0.3, 0.4) is 0 Å². The standard InChI is InChI=1S/C16H21N5O2/c22-15(19-9-11-23-12-10-19)13-4-7-20(8-5-13)16-18-17-14-3-1-2-6-21(14)16/h1-3,6,13H,4-5,7-12H2. The van der Waals surface area contributed by atoms with E-state index in [1.54, 1.807) is 0 Å². The molecule has 2 aliphatic rings. The number of aromatic nitrogens is 3. The van der Waals surface area contributed by atoms with Crippen molar-refractivity contribution in [3.8, 4) is 0 Å². The van der Waals surface area contributed by atoms with Crippen LogP contribution in [0.5, 0.6) is 0 Å². The third kappa shape index (κ3) is 2.76. The summed E-state index contributed by atoms with van der Waals surface area (Å²) in [5.41, 5.74) is 0.856. The fraction of sp³-hybridized carbons (Fsp3) is 0.562. The number of carbonyl (C=O) groups is 1. The highest BCUT2D eigenvalue weighted by molar-refractivity contribution is 5.79. The highest BCUT2D eigenvalue weighted by Gasteiger charge is 2.30. The fourth-order valence-electron chi connectivity index (χ4n) is 3.41. The van der Waals surface area contributed by atoms with Crippen molar-refractivity contribution in [3.05, 3.63) is 24.4 Å². The summed E-state index contributed by atoms with van der Waals surface area (Å²) in [5.74, 6) is 1.29. The molecular weight excluding hydrogens is 294 g/mol. The van der Waals surface area contributed by atoms with Gasteiger partial charge >= 0.3 is 0 Å². The lowest BCUT2D eigenvalue weighted by Gasteiger charge is -2.35. The van der Waals surface area contributed by atoms with Crippen LogP contribution in [-0.2, 0) is 9.53 Å². The minimum absolute atomic E-state index is 0.128. The number of piperidine rings is 1. The molecule has 4 rings (SSSR count). The zero-order valence-electron chi connectivity index (χ0n) is 13.1. The summed E-state index contributed by atoms with van der Waals surface area (Å²) < 4.78 is 7.33. The number of ether oxygens (including phenoxy) is 1. The van der Waals surface area contributed by atoms with Crippen LogP contribution in [0.15, 0.2) is 24.4 Å². The topological polar surface area (TPSA) is 63.0 Å². The second-order valence-corrected chi connectivity index (χ2v) is 6.13. The molecule has 0 atom stereocenters. The fourth-order valence-corrected chi connectivity index (χ4v) is 3.41. The van der Waals surface area contributed by atoms with Gasteiger partial charge in [0.15, 0.2) is 5.65 Å². The van der Waals surface area contributed by atoms with Gasteiger partial charge in [-0.15, -0.1) is 10.2 Å². The number of rotatable bonds is 2. The molecule has 2 aromatic rings. The molecule has 0 N–H and O–H groups in total. The summed E-state index contributed by atoms with van der Waals surface area (Å²) in [6, 6.07) is 5.89. The van der Waals surface area contributed by atoms with E-state index < -0.39 is 0 Å². The Morgan fingerprint density at radius 3 is 2.65 bits per heavy atom. The Morgan fingerprint density at radius 2 is 1.87 bits per heavy atom. The second kappa shape index (κ2) is 6.16. The van der Waals surface area contributed by atoms with E-state index in [1.165, 1.54) is 0 Å². The largest absolute Gasteiger partial charge is 0.378 e. The predicted molar refractivity (Wildman–Crippen MR) is 85.3 cm³/mol. The average Bonchev–Trinajstić information content (AvgIpc) is 3.06. The van der Waals surface area contributed by atoms with Gasteiger partial charge in [-0.1, -0.05) is 6.07 Å². The van der Waals surface area contributed by atoms with Gasteiger partial charge in [-0.25, -0.2) is 0 Å². The third-order valence-corrected chi connectivity index (χ3v) is 4.75. The predicted octanol–water partition coefficient (Wildman–Crippen LogP) is 0.804. The molecular formula is C16H21N5O2. The lowest BCUT2D eigenvalue weighted by Crippen LogP contribution is -2.47. The molecule has 0 radical (unpaired) electrons. The smallest absolute Gasteiger partial charge is 0.231 e. The molecule has 0 saturated carbocycles. The van der Waals surface area contributed by atoms with E-state index in [-0.39, 0.29) is 5.92 Å². The van der Waals surface area contributed by atoms with E-state index in [0.29, 0.717) is 19.1 Å². The van der Waals surface area contributed by atoms with Gasteiger partial charge in [-0.2, -0.15) is 0 Å². The van der Waals surface area contributed by atoms with Crippen molar-refractivity contribution in [1.29, 1.82) is 0 Å². The molecule has 0 spiro atoms. The van der Waals surface area contributed by atoms with Gasteiger partial charge in [-0.05, 0) is 25.0 Å². The van der Waals surface area contributed by atoms with Gasteiger partial charge in [0.2, 0.25) is 11.9 Å². The minimum Gasteiger partial charge on any atom is -0.378 e. The average molecular weight is 315 g/mol. The van der Waals surface area contributed by atoms with Crippen LogP contribution in [0.2, 0.25) is 0 Å². The number of carbonyl (C=O) groups excluding carboxylic acids is 1. The van der Waals surface area contributed by atoms with Crippen molar-refractivity contribution in [1.82, 2.24) is 19.5 Å². The van der Waals surface area contributed by atoms with Crippen molar-refractivity contribution in [2.45, 2.75) is 12.8 Å². The quantitative estimate of drug-likeness (QED) is 0.820. The number of nitrogens with zero attached hydrogens (tertiary/aromatic N) is 5. The Hall–Kier alpha value is -2.15. The van der Waals surface area contributed by atoms with Gasteiger partial charge < -0.3 is 14.5 Å². The Morgan fingerprint density at radius 1 is 1.09 bits per heavy atom. The van der Waals surface area contributed by atoms with Gasteiger partial charge in [0.05, 0.1) is 13.2 Å². The Balaban J connectivity index is 1.41. The summed E-state index contributed by atoms with van der Waals surface area (Å²) in [5, 5.41) is 8.51. The number of hydrogen-bond acceptors (Lipinski definition) is 5. The molecule has 2 aliphatic heterocycles. The highest BCUT2D eigenvalue weighted by atomic mass is 16.5. The maximum atomic E-state index is 12.6. The summed E-state index contributed by atoms with van der Waals surface area (Å²) >= 11 is 0. The van der Waals surface area contributed by atoms with Gasteiger partial charge in [-0.3, -0.25) is 9.20 Å². The molecule has 0 bridgehead atoms. The first kappa shape index (κ1) is 14.4. The molecule has 7 nitrogen and oxygen atoms in total. The summed E-state index contributed by atoms with van der Waals surface area (Å²) in [6.45, 7) is 4.47. The lowest BCUT2D eigenvalue weighted by molar-refractivity contribution is -0.140. The van der Waals surface area contributed by atoms with Crippen LogP contribution in [0.4, 0.5) is 5.95 Å². The SMILES string of the molecule is O=C(C1CCN(c2nnc3ccccn23)CC1)N1CCOCC1. The molecule has 4 heterocycles. The van der Waals surface area contributed by atoms with Crippen LogP contribution in [-0.4, -0.2) is 64.8 Å². The summed E-state index contributed by atoms with van der Waals surface area (Å²) in [6.07, 6.45) is 3.73. The first-order valence-corrected chi connectivity index (χ1v) is 8.24. The monoisotopic (exact) mass is 315 g/mol. The number of anilines is 1. The zero-order chi connectivity index (χ0) is 15.6. The van der Waals surface area contributed by atoms with Crippen LogP contribution < -0.4 is 4.90 Å². The number of hydrogen-bond donors (Lipinski definition) is 0. The first-order chi connectivity index (χ1) is 11.3. The number of pyridine rings is 1. The lowest BCUT2D eigenvalue weighted by atomic mass is 9.95. The molecule has 2 fully saturated rings. The van der Waals surface area contributed by atoms with E-state index in [0.717, 1.165) is 50.6 Å². The first-order valence-electron chi connectivity index (χ1n) is 8.24. The maximum absolute atomic E-state index is 12.6. The molecule has 23 heavy (non-hydrogen) atoms. The molecule has 122 valence electrons. The molecule has 0 aliphatic carbocycles. The van der Waals surface area contributed by atoms with Gasteiger partial charge in [0, 0.05) is 38.3 Å². The highest BCUT2D eigenvalue weighted by Crippen LogP contribution is 2.24. The zero-order valence-corrected chi connectivity index (χ0v) is 13.1. The van der Waals surface area contributed by atoms with Crippen molar-refractivity contribution < 1.29 is 9.53 Å². The van der Waals surface area contributed by atoms with Crippen molar-refractivity contribution >= 4 is 17.5 Å². The van der Waals surface area contributed by atoms with Crippen LogP contribution in [0.25, 0.3) is 5.65 Å². The van der Waals surface area contributed by atoms with Crippen molar-refractivity contribution in [2.24, 2.45) is 5.92 Å². The van der Waals surface area contributed by atoms with Gasteiger partial charge in [0.1, 0.15) is 0 Å². The molecule has 1 amide bonds. The minimum atomic E-state index is 0.128. The Bertz CT molecular complexity index is 687. The van der Waals surface area contributed by atoms with Crippen molar-refractivity contribution in [2.75, 3.05) is 44.3 Å². The second-order valence-electron chi connectivity index (χ2n) is 6.13. The summed E-state index contributed by atoms with van der Waals surface area (Å²) in [4.78, 5) is 16.8. The molecule has 0 unspecified atom stereocenters. The van der Waals surface area contributed by atoms with E-state index in [4.69, 9.17) is 4.74 Å². The van der Waals surface area contributed by atoms with E-state index in [1.807, 2.05) is 33.7 Å². The molecule has 2 aromatic heterocycles. The van der Waals surface area contributed by atoms with Crippen LogP contribution in [0, 0.1) is 5.92 Å². The number of fused-ring (bicyclic) bond motifs is 1. The normalized spacial score (nSPS) is 20.2. The van der Waals surface area contributed by atoms with E-state index in [9.17, 15) is 4.79 Å².